The maximum atomic E-state index is 12.5. The Morgan fingerprint density at radius 1 is 1.19 bits per heavy atom. The van der Waals surface area contributed by atoms with Gasteiger partial charge in [0.2, 0.25) is 0 Å². The first-order valence-electron chi connectivity index (χ1n) is 10.9. The number of hydrogen-bond donors (Lipinski definition) is 2. The Morgan fingerprint density at radius 2 is 2.12 bits per heavy atom. The molecule has 4 aromatic rings. The average Bonchev–Trinajstić information content (AvgIpc) is 3.50. The second-order valence-electron chi connectivity index (χ2n) is 8.24. The summed E-state index contributed by atoms with van der Waals surface area (Å²) in [4.78, 5) is 21.6. The molecular formula is C25H25N5O2. The molecule has 1 unspecified atom stereocenters. The van der Waals surface area contributed by atoms with Gasteiger partial charge in [-0.05, 0) is 74.7 Å². The van der Waals surface area contributed by atoms with Gasteiger partial charge in [0.25, 0.3) is 0 Å². The summed E-state index contributed by atoms with van der Waals surface area (Å²) in [6.07, 6.45) is 5.41. The number of esters is 1. The van der Waals surface area contributed by atoms with E-state index in [4.69, 9.17) is 4.74 Å². The highest BCUT2D eigenvalue weighted by molar-refractivity contribution is 5.95. The molecule has 1 aliphatic heterocycles. The van der Waals surface area contributed by atoms with Crippen LogP contribution in [0, 0.1) is 12.8 Å². The third kappa shape index (κ3) is 4.24. The zero-order valence-corrected chi connectivity index (χ0v) is 18.0. The van der Waals surface area contributed by atoms with Gasteiger partial charge in [0, 0.05) is 22.8 Å². The standard InChI is InChI=1S/C25H25N5O2/c1-16-3-2-4-23(29-16)24-21(15-28-30-24)18-5-6-22-19(11-18)12-20(14-27-22)25(31)32-10-8-17-7-9-26-13-17/h2-6,11-12,14-15,17,26H,7-10,13H2,1H3,(H,28,30). The molecule has 32 heavy (non-hydrogen) atoms. The number of hydrogen-bond acceptors (Lipinski definition) is 6. The van der Waals surface area contributed by atoms with Gasteiger partial charge in [-0.25, -0.2) is 4.79 Å². The van der Waals surface area contributed by atoms with Crippen molar-refractivity contribution in [1.82, 2.24) is 25.5 Å². The van der Waals surface area contributed by atoms with Crippen LogP contribution in [0.4, 0.5) is 0 Å². The number of aromatic amines is 1. The summed E-state index contributed by atoms with van der Waals surface area (Å²) in [5.74, 6) is 0.260. The van der Waals surface area contributed by atoms with Crippen molar-refractivity contribution in [3.63, 3.8) is 0 Å². The molecule has 1 atom stereocenters. The van der Waals surface area contributed by atoms with E-state index >= 15 is 0 Å². The Labute approximate surface area is 186 Å². The third-order valence-corrected chi connectivity index (χ3v) is 5.93. The molecule has 0 amide bonds. The van der Waals surface area contributed by atoms with Gasteiger partial charge >= 0.3 is 5.97 Å². The topological polar surface area (TPSA) is 92.8 Å². The number of nitrogens with one attached hydrogen (secondary N) is 2. The number of benzene rings is 1. The van der Waals surface area contributed by atoms with E-state index in [2.05, 4.69) is 25.5 Å². The average molecular weight is 428 g/mol. The molecule has 4 heterocycles. The van der Waals surface area contributed by atoms with Crippen molar-refractivity contribution in [2.45, 2.75) is 19.8 Å². The molecule has 1 saturated heterocycles. The molecule has 0 aliphatic carbocycles. The largest absolute Gasteiger partial charge is 0.462 e. The molecule has 5 rings (SSSR count). The van der Waals surface area contributed by atoms with Gasteiger partial charge in [-0.1, -0.05) is 12.1 Å². The lowest BCUT2D eigenvalue weighted by molar-refractivity contribution is 0.0485. The van der Waals surface area contributed by atoms with Crippen molar-refractivity contribution >= 4 is 16.9 Å². The number of rotatable bonds is 6. The number of fused-ring (bicyclic) bond motifs is 1. The number of pyridine rings is 2. The van der Waals surface area contributed by atoms with Crippen molar-refractivity contribution in [2.75, 3.05) is 19.7 Å². The summed E-state index contributed by atoms with van der Waals surface area (Å²) in [5.41, 5.74) is 5.85. The van der Waals surface area contributed by atoms with Crippen molar-refractivity contribution in [3.8, 4) is 22.5 Å². The van der Waals surface area contributed by atoms with Crippen LogP contribution in [-0.4, -0.2) is 45.8 Å². The highest BCUT2D eigenvalue weighted by Crippen LogP contribution is 2.31. The number of nitrogens with zero attached hydrogens (tertiary/aromatic N) is 3. The molecule has 1 aliphatic rings. The molecule has 7 nitrogen and oxygen atoms in total. The van der Waals surface area contributed by atoms with Crippen molar-refractivity contribution in [2.24, 2.45) is 5.92 Å². The lowest BCUT2D eigenvalue weighted by Gasteiger charge is -2.09. The molecule has 7 heteroatoms. The van der Waals surface area contributed by atoms with E-state index in [9.17, 15) is 4.79 Å². The van der Waals surface area contributed by atoms with Crippen LogP contribution in [0.3, 0.4) is 0 Å². The van der Waals surface area contributed by atoms with Crippen LogP contribution < -0.4 is 5.32 Å². The smallest absolute Gasteiger partial charge is 0.339 e. The fourth-order valence-electron chi connectivity index (χ4n) is 4.16. The van der Waals surface area contributed by atoms with E-state index in [1.165, 1.54) is 0 Å². The lowest BCUT2D eigenvalue weighted by Crippen LogP contribution is -2.13. The van der Waals surface area contributed by atoms with Crippen LogP contribution in [-0.2, 0) is 4.74 Å². The van der Waals surface area contributed by atoms with Gasteiger partial charge in [0.05, 0.1) is 35.3 Å². The zero-order chi connectivity index (χ0) is 21.9. The van der Waals surface area contributed by atoms with E-state index in [0.717, 1.165) is 65.0 Å². The molecule has 3 aromatic heterocycles. The first-order chi connectivity index (χ1) is 15.7. The minimum absolute atomic E-state index is 0.330. The minimum Gasteiger partial charge on any atom is -0.462 e. The van der Waals surface area contributed by atoms with Gasteiger partial charge in [-0.2, -0.15) is 5.10 Å². The summed E-state index contributed by atoms with van der Waals surface area (Å²) in [7, 11) is 0. The molecule has 1 fully saturated rings. The van der Waals surface area contributed by atoms with E-state index in [-0.39, 0.29) is 5.97 Å². The van der Waals surface area contributed by atoms with Gasteiger partial charge in [-0.3, -0.25) is 15.1 Å². The molecule has 0 bridgehead atoms. The molecule has 2 N–H and O–H groups in total. The number of carbonyl (C=O) groups excluding carboxylic acids is 1. The zero-order valence-electron chi connectivity index (χ0n) is 18.0. The highest BCUT2D eigenvalue weighted by atomic mass is 16.5. The Kier molecular flexibility index (Phi) is 5.64. The molecular weight excluding hydrogens is 402 g/mol. The van der Waals surface area contributed by atoms with Crippen LogP contribution in [0.25, 0.3) is 33.4 Å². The van der Waals surface area contributed by atoms with Gasteiger partial charge in [-0.15, -0.1) is 0 Å². The monoisotopic (exact) mass is 427 g/mol. The second-order valence-corrected chi connectivity index (χ2v) is 8.24. The van der Waals surface area contributed by atoms with Crippen LogP contribution in [0.15, 0.2) is 54.9 Å². The number of carbonyl (C=O) groups is 1. The van der Waals surface area contributed by atoms with E-state index in [0.29, 0.717) is 18.1 Å². The summed E-state index contributed by atoms with van der Waals surface area (Å²) in [5, 5.41) is 11.5. The van der Waals surface area contributed by atoms with Crippen molar-refractivity contribution in [3.05, 3.63) is 66.1 Å². The van der Waals surface area contributed by atoms with Crippen LogP contribution in [0.1, 0.15) is 28.9 Å². The van der Waals surface area contributed by atoms with E-state index in [1.807, 2.05) is 49.4 Å². The Bertz CT molecular complexity index is 1260. The molecule has 162 valence electrons. The SMILES string of the molecule is Cc1cccc(-c2[nH]ncc2-c2ccc3ncc(C(=O)OCCC4CCNC4)cc3c2)n1. The van der Waals surface area contributed by atoms with Crippen LogP contribution in [0.2, 0.25) is 0 Å². The number of aromatic nitrogens is 4. The number of ether oxygens (including phenoxy) is 1. The fraction of sp³-hybridized carbons (Fsp3) is 0.280. The van der Waals surface area contributed by atoms with Crippen LogP contribution >= 0.6 is 0 Å². The molecule has 0 radical (unpaired) electrons. The quantitative estimate of drug-likeness (QED) is 0.449. The third-order valence-electron chi connectivity index (χ3n) is 5.93. The Morgan fingerprint density at radius 3 is 2.97 bits per heavy atom. The predicted molar refractivity (Wildman–Crippen MR) is 123 cm³/mol. The van der Waals surface area contributed by atoms with Gasteiger partial charge in [0.15, 0.2) is 0 Å². The second kappa shape index (κ2) is 8.88. The Hall–Kier alpha value is -3.58. The Balaban J connectivity index is 1.38. The number of H-pyrrole nitrogens is 1. The lowest BCUT2D eigenvalue weighted by atomic mass is 10.0. The first-order valence-corrected chi connectivity index (χ1v) is 10.9. The first kappa shape index (κ1) is 20.3. The number of aryl methyl sites for hydroxylation is 1. The van der Waals surface area contributed by atoms with Gasteiger partial charge in [0.1, 0.15) is 0 Å². The van der Waals surface area contributed by atoms with Crippen molar-refractivity contribution < 1.29 is 9.53 Å². The van der Waals surface area contributed by atoms with E-state index < -0.39 is 0 Å². The highest BCUT2D eigenvalue weighted by Gasteiger charge is 2.16. The summed E-state index contributed by atoms with van der Waals surface area (Å²) in [6, 6.07) is 13.7. The maximum Gasteiger partial charge on any atom is 0.339 e. The normalized spacial score (nSPS) is 15.8. The maximum absolute atomic E-state index is 12.5. The molecule has 1 aromatic carbocycles. The summed E-state index contributed by atoms with van der Waals surface area (Å²) < 4.78 is 5.50. The summed E-state index contributed by atoms with van der Waals surface area (Å²) in [6.45, 7) is 4.46. The minimum atomic E-state index is -0.330. The van der Waals surface area contributed by atoms with E-state index in [1.54, 1.807) is 12.4 Å². The predicted octanol–water partition coefficient (Wildman–Crippen LogP) is 4.15. The van der Waals surface area contributed by atoms with Crippen LogP contribution in [0.5, 0.6) is 0 Å². The van der Waals surface area contributed by atoms with Crippen molar-refractivity contribution in [1.29, 1.82) is 0 Å². The fourth-order valence-corrected chi connectivity index (χ4v) is 4.16. The molecule has 0 saturated carbocycles. The molecule has 0 spiro atoms. The summed E-state index contributed by atoms with van der Waals surface area (Å²) >= 11 is 0. The van der Waals surface area contributed by atoms with Gasteiger partial charge < -0.3 is 10.1 Å².